The lowest BCUT2D eigenvalue weighted by Crippen LogP contribution is -2.21. The zero-order chi connectivity index (χ0) is 13.4. The molecule has 0 fully saturated rings. The molecule has 2 rings (SSSR count). The fourth-order valence-electron chi connectivity index (χ4n) is 2.43. The smallest absolute Gasteiger partial charge is 0.325 e. The highest BCUT2D eigenvalue weighted by atomic mass is 79.9. The van der Waals surface area contributed by atoms with Crippen LogP contribution in [0.25, 0.3) is 10.9 Å². The van der Waals surface area contributed by atoms with Gasteiger partial charge in [0.1, 0.15) is 6.04 Å². The Hall–Kier alpha value is -1.33. The molecule has 3 N–H and O–H groups in total. The number of benzene rings is 1. The molecule has 1 aromatic heterocycles. The number of carboxylic acids is 1. The van der Waals surface area contributed by atoms with E-state index in [-0.39, 0.29) is 0 Å². The van der Waals surface area contributed by atoms with Crippen LogP contribution in [0.5, 0.6) is 0 Å². The summed E-state index contributed by atoms with van der Waals surface area (Å²) in [6.07, 6.45) is 0. The minimum atomic E-state index is -1.01. The third-order valence-electron chi connectivity index (χ3n) is 3.23. The van der Waals surface area contributed by atoms with Crippen molar-refractivity contribution in [1.29, 1.82) is 0 Å². The maximum atomic E-state index is 11.1. The molecule has 0 spiro atoms. The number of fused-ring (bicyclic) bond motifs is 1. The highest BCUT2D eigenvalue weighted by Gasteiger charge is 2.24. The lowest BCUT2D eigenvalue weighted by atomic mass is 10.0. The third kappa shape index (κ3) is 1.83. The van der Waals surface area contributed by atoms with E-state index in [0.717, 1.165) is 27.6 Å². The Morgan fingerprint density at radius 3 is 2.78 bits per heavy atom. The number of rotatable bonds is 3. The monoisotopic (exact) mass is 310 g/mol. The summed E-state index contributed by atoms with van der Waals surface area (Å²) in [4.78, 5) is 11.1. The first kappa shape index (κ1) is 13.1. The summed E-state index contributed by atoms with van der Waals surface area (Å²) >= 11 is 3.51. The van der Waals surface area contributed by atoms with E-state index < -0.39 is 12.0 Å². The fourth-order valence-corrected chi connectivity index (χ4v) is 3.01. The van der Waals surface area contributed by atoms with E-state index in [9.17, 15) is 4.79 Å². The van der Waals surface area contributed by atoms with E-state index in [1.54, 1.807) is 0 Å². The zero-order valence-corrected chi connectivity index (χ0v) is 11.9. The number of aromatic nitrogens is 1. The van der Waals surface area contributed by atoms with Crippen LogP contribution in [0, 0.1) is 6.92 Å². The Kier molecular flexibility index (Phi) is 3.45. The van der Waals surface area contributed by atoms with Gasteiger partial charge in [0, 0.05) is 27.7 Å². The Morgan fingerprint density at radius 1 is 1.56 bits per heavy atom. The Morgan fingerprint density at radius 2 is 2.22 bits per heavy atom. The third-order valence-corrected chi connectivity index (χ3v) is 3.87. The molecule has 4 nitrogen and oxygen atoms in total. The first-order valence-corrected chi connectivity index (χ1v) is 6.53. The van der Waals surface area contributed by atoms with E-state index in [4.69, 9.17) is 10.8 Å². The molecule has 1 atom stereocenters. The van der Waals surface area contributed by atoms with Crippen molar-refractivity contribution in [1.82, 2.24) is 4.57 Å². The number of carbonyl (C=O) groups is 1. The standard InChI is InChI=1S/C13H15BrN2O2/c1-3-16-7(2)10(11(15)13(17)18)8-5-4-6-9(14)12(8)16/h4-6,11H,3,15H2,1-2H3,(H,17,18). The summed E-state index contributed by atoms with van der Waals surface area (Å²) in [5.74, 6) is -1.01. The minimum absolute atomic E-state index is 0.695. The van der Waals surface area contributed by atoms with E-state index in [0.29, 0.717) is 5.56 Å². The lowest BCUT2D eigenvalue weighted by molar-refractivity contribution is -0.138. The highest BCUT2D eigenvalue weighted by Crippen LogP contribution is 2.34. The molecule has 0 amide bonds. The van der Waals surface area contributed by atoms with Crippen LogP contribution in [0.15, 0.2) is 22.7 Å². The second kappa shape index (κ2) is 4.74. The minimum Gasteiger partial charge on any atom is -0.480 e. The molecule has 1 unspecified atom stereocenters. The Labute approximate surface area is 114 Å². The lowest BCUT2D eigenvalue weighted by Gasteiger charge is -2.08. The van der Waals surface area contributed by atoms with Crippen molar-refractivity contribution < 1.29 is 9.90 Å². The van der Waals surface area contributed by atoms with Crippen LogP contribution in [0.3, 0.4) is 0 Å². The van der Waals surface area contributed by atoms with Gasteiger partial charge >= 0.3 is 5.97 Å². The molecule has 0 saturated carbocycles. The number of hydrogen-bond donors (Lipinski definition) is 2. The predicted octanol–water partition coefficient (Wildman–Crippen LogP) is 2.82. The van der Waals surface area contributed by atoms with Gasteiger partial charge in [0.05, 0.1) is 5.52 Å². The fraction of sp³-hybridized carbons (Fsp3) is 0.308. The maximum absolute atomic E-state index is 11.1. The van der Waals surface area contributed by atoms with Crippen molar-refractivity contribution in [2.45, 2.75) is 26.4 Å². The molecule has 1 aromatic carbocycles. The normalized spacial score (nSPS) is 12.9. The number of halogens is 1. The topological polar surface area (TPSA) is 68.2 Å². The molecule has 0 bridgehead atoms. The second-order valence-corrected chi connectivity index (χ2v) is 5.05. The molecule has 1 heterocycles. The van der Waals surface area contributed by atoms with Gasteiger partial charge in [-0.3, -0.25) is 4.79 Å². The molecular weight excluding hydrogens is 296 g/mol. The Bertz CT molecular complexity index is 619. The Balaban J connectivity index is 2.86. The number of hydrogen-bond acceptors (Lipinski definition) is 2. The summed E-state index contributed by atoms with van der Waals surface area (Å²) in [7, 11) is 0. The van der Waals surface area contributed by atoms with E-state index in [2.05, 4.69) is 20.5 Å². The zero-order valence-electron chi connectivity index (χ0n) is 10.3. The van der Waals surface area contributed by atoms with Crippen LogP contribution in [0.4, 0.5) is 0 Å². The molecule has 96 valence electrons. The number of aliphatic carboxylic acids is 1. The molecule has 0 aliphatic rings. The van der Waals surface area contributed by atoms with E-state index in [1.165, 1.54) is 0 Å². The molecule has 5 heteroatoms. The summed E-state index contributed by atoms with van der Waals surface area (Å²) in [5.41, 5.74) is 8.40. The van der Waals surface area contributed by atoms with Gasteiger partial charge < -0.3 is 15.4 Å². The first-order chi connectivity index (χ1) is 8.49. The molecule has 0 aliphatic carbocycles. The number of nitrogens with zero attached hydrogens (tertiary/aromatic N) is 1. The van der Waals surface area contributed by atoms with E-state index >= 15 is 0 Å². The van der Waals surface area contributed by atoms with Gasteiger partial charge in [0.15, 0.2) is 0 Å². The van der Waals surface area contributed by atoms with Crippen LogP contribution in [0.1, 0.15) is 24.2 Å². The summed E-state index contributed by atoms with van der Waals surface area (Å²) < 4.78 is 3.03. The van der Waals surface area contributed by atoms with Gasteiger partial charge in [-0.05, 0) is 35.8 Å². The maximum Gasteiger partial charge on any atom is 0.325 e. The first-order valence-electron chi connectivity index (χ1n) is 5.74. The van der Waals surface area contributed by atoms with Crippen LogP contribution in [-0.2, 0) is 11.3 Å². The van der Waals surface area contributed by atoms with Crippen molar-refractivity contribution in [2.24, 2.45) is 5.73 Å². The van der Waals surface area contributed by atoms with Crippen molar-refractivity contribution in [3.63, 3.8) is 0 Å². The average Bonchev–Trinajstić information content (AvgIpc) is 2.61. The van der Waals surface area contributed by atoms with Crippen LogP contribution in [0.2, 0.25) is 0 Å². The summed E-state index contributed by atoms with van der Waals surface area (Å²) in [5, 5.41) is 10.0. The van der Waals surface area contributed by atoms with Gasteiger partial charge in [-0.25, -0.2) is 0 Å². The van der Waals surface area contributed by atoms with Gasteiger partial charge in [0.25, 0.3) is 0 Å². The molecular formula is C13H15BrN2O2. The van der Waals surface area contributed by atoms with Crippen molar-refractivity contribution in [3.8, 4) is 0 Å². The molecule has 0 saturated heterocycles. The summed E-state index contributed by atoms with van der Waals surface area (Å²) in [6.45, 7) is 4.72. The van der Waals surface area contributed by atoms with Gasteiger partial charge in [-0.15, -0.1) is 0 Å². The predicted molar refractivity (Wildman–Crippen MR) is 74.6 cm³/mol. The van der Waals surface area contributed by atoms with Crippen molar-refractivity contribution >= 4 is 32.8 Å². The number of carboxylic acid groups (broad SMARTS) is 1. The van der Waals surface area contributed by atoms with Gasteiger partial charge in [-0.2, -0.15) is 0 Å². The largest absolute Gasteiger partial charge is 0.480 e. The number of para-hydroxylation sites is 1. The van der Waals surface area contributed by atoms with Crippen molar-refractivity contribution in [2.75, 3.05) is 0 Å². The number of aryl methyl sites for hydroxylation is 1. The van der Waals surface area contributed by atoms with Gasteiger partial charge in [0.2, 0.25) is 0 Å². The molecule has 2 aromatic rings. The second-order valence-electron chi connectivity index (χ2n) is 4.20. The molecule has 0 aliphatic heterocycles. The average molecular weight is 311 g/mol. The van der Waals surface area contributed by atoms with Crippen LogP contribution in [-0.4, -0.2) is 15.6 Å². The summed E-state index contributed by atoms with van der Waals surface area (Å²) in [6, 6.07) is 4.76. The van der Waals surface area contributed by atoms with E-state index in [1.807, 2.05) is 32.0 Å². The molecule has 18 heavy (non-hydrogen) atoms. The number of nitrogens with two attached hydrogens (primary N) is 1. The molecule has 0 radical (unpaired) electrons. The van der Waals surface area contributed by atoms with Gasteiger partial charge in [-0.1, -0.05) is 12.1 Å². The van der Waals surface area contributed by atoms with Crippen LogP contribution < -0.4 is 5.73 Å². The highest BCUT2D eigenvalue weighted by molar-refractivity contribution is 9.10. The SMILES string of the molecule is CCn1c(C)c(C(N)C(=O)O)c2cccc(Br)c21. The van der Waals surface area contributed by atoms with Crippen LogP contribution >= 0.6 is 15.9 Å². The quantitative estimate of drug-likeness (QED) is 0.916. The van der Waals surface area contributed by atoms with Crippen molar-refractivity contribution in [3.05, 3.63) is 33.9 Å².